The Hall–Kier alpha value is -0.200. The van der Waals surface area contributed by atoms with Gasteiger partial charge in [0.05, 0.1) is 0 Å². The molecular formula is C18H45N5. The predicted octanol–water partition coefficient (Wildman–Crippen LogP) is 1.50. The summed E-state index contributed by atoms with van der Waals surface area (Å²) in [5.74, 6) is 0. The van der Waals surface area contributed by atoms with Gasteiger partial charge in [0.25, 0.3) is 0 Å². The van der Waals surface area contributed by atoms with Gasteiger partial charge in [0.15, 0.2) is 0 Å². The molecule has 0 atom stereocenters. The molecular weight excluding hydrogens is 286 g/mol. The lowest BCUT2D eigenvalue weighted by atomic mass is 10.3. The van der Waals surface area contributed by atoms with Crippen molar-refractivity contribution in [2.24, 2.45) is 5.73 Å². The van der Waals surface area contributed by atoms with Crippen LogP contribution in [0.5, 0.6) is 0 Å². The lowest BCUT2D eigenvalue weighted by Gasteiger charge is -2.23. The molecule has 0 aromatic carbocycles. The lowest BCUT2D eigenvalue weighted by molar-refractivity contribution is 0.241. The van der Waals surface area contributed by atoms with Crippen molar-refractivity contribution in [2.45, 2.75) is 32.6 Å². The van der Waals surface area contributed by atoms with Gasteiger partial charge < -0.3 is 25.3 Å². The Labute approximate surface area is 146 Å². The Bertz CT molecular complexity index is 205. The maximum absolute atomic E-state index is 5.25. The molecule has 142 valence electrons. The standard InChI is InChI=1S/C13H31N3.C5H14N2/c1-6-9-16(12-7-10-14(2)3)13-8-11-15(4)5;1-7(2)5-3-4-6/h6-13H2,1-5H3;3-6H2,1-2H3. The van der Waals surface area contributed by atoms with Crippen LogP contribution in [0.1, 0.15) is 32.6 Å². The molecule has 0 spiro atoms. The van der Waals surface area contributed by atoms with E-state index in [1.54, 1.807) is 0 Å². The third-order valence-corrected chi connectivity index (χ3v) is 3.51. The average molecular weight is 332 g/mol. The normalized spacial score (nSPS) is 11.5. The van der Waals surface area contributed by atoms with Gasteiger partial charge in [0.2, 0.25) is 0 Å². The largest absolute Gasteiger partial charge is 0.330 e. The smallest absolute Gasteiger partial charge is 0.000654 e. The fraction of sp³-hybridized carbons (Fsp3) is 1.00. The molecule has 0 bridgehead atoms. The van der Waals surface area contributed by atoms with Gasteiger partial charge >= 0.3 is 0 Å². The first kappa shape index (κ1) is 25.0. The quantitative estimate of drug-likeness (QED) is 0.554. The van der Waals surface area contributed by atoms with Crippen LogP contribution < -0.4 is 5.73 Å². The van der Waals surface area contributed by atoms with Crippen molar-refractivity contribution < 1.29 is 0 Å². The van der Waals surface area contributed by atoms with Crippen molar-refractivity contribution in [3.8, 4) is 0 Å². The molecule has 0 aliphatic heterocycles. The van der Waals surface area contributed by atoms with Crippen molar-refractivity contribution in [2.75, 3.05) is 88.1 Å². The van der Waals surface area contributed by atoms with Gasteiger partial charge in [-0.3, -0.25) is 0 Å². The Morgan fingerprint density at radius 1 is 0.565 bits per heavy atom. The van der Waals surface area contributed by atoms with E-state index in [2.05, 4.69) is 68.8 Å². The molecule has 0 aromatic heterocycles. The van der Waals surface area contributed by atoms with Crippen LogP contribution in [0, 0.1) is 0 Å². The Kier molecular flexibility index (Phi) is 19.8. The minimum absolute atomic E-state index is 0.804. The van der Waals surface area contributed by atoms with Gasteiger partial charge in [0.1, 0.15) is 0 Å². The molecule has 0 aromatic rings. The average Bonchev–Trinajstić information content (AvgIpc) is 2.45. The van der Waals surface area contributed by atoms with E-state index in [-0.39, 0.29) is 0 Å². The molecule has 0 fully saturated rings. The third kappa shape index (κ3) is 24.2. The molecule has 5 nitrogen and oxygen atoms in total. The second kappa shape index (κ2) is 18.1. The molecule has 0 aliphatic rings. The number of hydrogen-bond acceptors (Lipinski definition) is 5. The fourth-order valence-corrected chi connectivity index (χ4v) is 2.28. The number of rotatable bonds is 13. The van der Waals surface area contributed by atoms with E-state index in [0.717, 1.165) is 19.5 Å². The van der Waals surface area contributed by atoms with E-state index >= 15 is 0 Å². The van der Waals surface area contributed by atoms with Gasteiger partial charge in [-0.2, -0.15) is 0 Å². The second-order valence-corrected chi connectivity index (χ2v) is 7.10. The summed E-state index contributed by atoms with van der Waals surface area (Å²) in [4.78, 5) is 9.27. The van der Waals surface area contributed by atoms with E-state index in [9.17, 15) is 0 Å². The van der Waals surface area contributed by atoms with E-state index in [4.69, 9.17) is 5.73 Å². The summed E-state index contributed by atoms with van der Waals surface area (Å²) in [5, 5.41) is 0. The summed E-state index contributed by atoms with van der Waals surface area (Å²) in [6.07, 6.45) is 4.95. The predicted molar refractivity (Wildman–Crippen MR) is 105 cm³/mol. The number of nitrogens with zero attached hydrogens (tertiary/aromatic N) is 4. The summed E-state index contributed by atoms with van der Waals surface area (Å²) in [7, 11) is 12.7. The van der Waals surface area contributed by atoms with Gasteiger partial charge in [-0.15, -0.1) is 0 Å². The SMILES string of the molecule is CCCN(CCCN(C)C)CCCN(C)C.CN(C)CCCN. The minimum Gasteiger partial charge on any atom is -0.330 e. The first-order valence-corrected chi connectivity index (χ1v) is 9.20. The van der Waals surface area contributed by atoms with Crippen LogP contribution in [0.4, 0.5) is 0 Å². The first-order chi connectivity index (χ1) is 10.8. The molecule has 5 heteroatoms. The summed E-state index contributed by atoms with van der Waals surface area (Å²) in [6.45, 7) is 10.3. The summed E-state index contributed by atoms with van der Waals surface area (Å²) < 4.78 is 0. The van der Waals surface area contributed by atoms with Crippen LogP contribution in [0.3, 0.4) is 0 Å². The van der Waals surface area contributed by atoms with E-state index in [1.807, 2.05) is 0 Å². The highest BCUT2D eigenvalue weighted by Crippen LogP contribution is 1.98. The molecule has 0 saturated heterocycles. The molecule has 0 radical (unpaired) electrons. The first-order valence-electron chi connectivity index (χ1n) is 9.20. The number of nitrogens with two attached hydrogens (primary N) is 1. The van der Waals surface area contributed by atoms with Crippen LogP contribution in [-0.2, 0) is 0 Å². The maximum Gasteiger partial charge on any atom is -0.000654 e. The van der Waals surface area contributed by atoms with E-state index in [1.165, 1.54) is 52.0 Å². The van der Waals surface area contributed by atoms with Crippen molar-refractivity contribution in [1.29, 1.82) is 0 Å². The minimum atomic E-state index is 0.804. The van der Waals surface area contributed by atoms with Crippen LogP contribution in [-0.4, -0.2) is 108 Å². The molecule has 2 N–H and O–H groups in total. The molecule has 0 saturated carbocycles. The van der Waals surface area contributed by atoms with Gasteiger partial charge in [0, 0.05) is 0 Å². The highest BCUT2D eigenvalue weighted by molar-refractivity contribution is 4.59. The highest BCUT2D eigenvalue weighted by Gasteiger charge is 2.03. The Balaban J connectivity index is 0. The van der Waals surface area contributed by atoms with Gasteiger partial charge in [-0.05, 0) is 114 Å². The molecule has 0 aliphatic carbocycles. The van der Waals surface area contributed by atoms with Crippen molar-refractivity contribution in [1.82, 2.24) is 19.6 Å². The summed E-state index contributed by atoms with van der Waals surface area (Å²) in [5.41, 5.74) is 5.25. The Morgan fingerprint density at radius 3 is 1.22 bits per heavy atom. The highest BCUT2D eigenvalue weighted by atomic mass is 15.1. The lowest BCUT2D eigenvalue weighted by Crippen LogP contribution is -2.30. The molecule has 23 heavy (non-hydrogen) atoms. The summed E-state index contributed by atoms with van der Waals surface area (Å²) >= 11 is 0. The van der Waals surface area contributed by atoms with Crippen molar-refractivity contribution in [3.05, 3.63) is 0 Å². The maximum atomic E-state index is 5.25. The number of hydrogen-bond donors (Lipinski definition) is 1. The van der Waals surface area contributed by atoms with Crippen LogP contribution in [0.15, 0.2) is 0 Å². The zero-order valence-electron chi connectivity index (χ0n) is 17.1. The Morgan fingerprint density at radius 2 is 0.957 bits per heavy atom. The van der Waals surface area contributed by atoms with Crippen LogP contribution in [0.2, 0.25) is 0 Å². The fourth-order valence-electron chi connectivity index (χ4n) is 2.28. The second-order valence-electron chi connectivity index (χ2n) is 7.10. The zero-order chi connectivity index (χ0) is 18.1. The van der Waals surface area contributed by atoms with Crippen LogP contribution in [0.25, 0.3) is 0 Å². The molecule has 0 unspecified atom stereocenters. The van der Waals surface area contributed by atoms with Crippen LogP contribution >= 0.6 is 0 Å². The van der Waals surface area contributed by atoms with E-state index < -0.39 is 0 Å². The van der Waals surface area contributed by atoms with Gasteiger partial charge in [-0.25, -0.2) is 0 Å². The molecule has 0 rings (SSSR count). The monoisotopic (exact) mass is 331 g/mol. The topological polar surface area (TPSA) is 39.0 Å². The molecule has 0 heterocycles. The molecule has 0 amide bonds. The third-order valence-electron chi connectivity index (χ3n) is 3.51. The van der Waals surface area contributed by atoms with Crippen molar-refractivity contribution in [3.63, 3.8) is 0 Å². The zero-order valence-corrected chi connectivity index (χ0v) is 17.1. The summed E-state index contributed by atoms with van der Waals surface area (Å²) in [6, 6.07) is 0. The van der Waals surface area contributed by atoms with E-state index in [0.29, 0.717) is 0 Å². The van der Waals surface area contributed by atoms with Crippen molar-refractivity contribution >= 4 is 0 Å². The van der Waals surface area contributed by atoms with Gasteiger partial charge in [-0.1, -0.05) is 6.92 Å².